The van der Waals surface area contributed by atoms with Crippen molar-refractivity contribution in [2.75, 3.05) is 5.33 Å². The average molecular weight is 353 g/mol. The van der Waals surface area contributed by atoms with Gasteiger partial charge in [0, 0.05) is 12.0 Å². The minimum atomic E-state index is -3.12. The SMILES string of the molecule is O=C(CBr)Cc1c(OC(F)F)cccc1C(O)C(=O)O. The number of benzene rings is 1. The molecule has 1 unspecified atom stereocenters. The molecule has 0 saturated heterocycles. The van der Waals surface area contributed by atoms with Crippen molar-refractivity contribution >= 4 is 27.7 Å². The number of aliphatic carboxylic acids is 1. The van der Waals surface area contributed by atoms with Gasteiger partial charge >= 0.3 is 12.6 Å². The lowest BCUT2D eigenvalue weighted by atomic mass is 9.97. The minimum Gasteiger partial charge on any atom is -0.479 e. The molecular weight excluding hydrogens is 342 g/mol. The Kier molecular flexibility index (Phi) is 6.03. The van der Waals surface area contributed by atoms with Crippen LogP contribution in [0, 0.1) is 0 Å². The number of alkyl halides is 3. The normalized spacial score (nSPS) is 12.2. The number of ketones is 1. The van der Waals surface area contributed by atoms with Crippen molar-refractivity contribution in [2.24, 2.45) is 0 Å². The van der Waals surface area contributed by atoms with Gasteiger partial charge in [-0.25, -0.2) is 4.79 Å². The van der Waals surface area contributed by atoms with Gasteiger partial charge in [0.1, 0.15) is 11.5 Å². The highest BCUT2D eigenvalue weighted by atomic mass is 79.9. The molecule has 110 valence electrons. The molecule has 0 heterocycles. The highest BCUT2D eigenvalue weighted by molar-refractivity contribution is 9.09. The third-order valence-corrected chi connectivity index (χ3v) is 3.06. The van der Waals surface area contributed by atoms with E-state index in [1.54, 1.807) is 0 Å². The van der Waals surface area contributed by atoms with Crippen LogP contribution in [0.3, 0.4) is 0 Å². The molecule has 5 nitrogen and oxygen atoms in total. The van der Waals surface area contributed by atoms with E-state index in [-0.39, 0.29) is 34.4 Å². The Bertz CT molecular complexity index is 507. The van der Waals surface area contributed by atoms with Crippen LogP contribution in [0.15, 0.2) is 18.2 Å². The van der Waals surface area contributed by atoms with Crippen LogP contribution in [0.25, 0.3) is 0 Å². The molecular formula is C12H11BrF2O5. The highest BCUT2D eigenvalue weighted by Crippen LogP contribution is 2.29. The summed E-state index contributed by atoms with van der Waals surface area (Å²) in [4.78, 5) is 22.3. The predicted octanol–water partition coefficient (Wildman–Crippen LogP) is 1.91. The van der Waals surface area contributed by atoms with Gasteiger partial charge in [-0.1, -0.05) is 28.1 Å². The molecule has 20 heavy (non-hydrogen) atoms. The number of carbonyl (C=O) groups is 2. The molecule has 1 rings (SSSR count). The molecule has 0 aliphatic rings. The van der Waals surface area contributed by atoms with Crippen LogP contribution in [0.5, 0.6) is 5.75 Å². The van der Waals surface area contributed by atoms with Crippen LogP contribution in [0.2, 0.25) is 0 Å². The van der Waals surface area contributed by atoms with E-state index in [0.29, 0.717) is 0 Å². The maximum atomic E-state index is 12.3. The second kappa shape index (κ2) is 7.30. The van der Waals surface area contributed by atoms with Gasteiger partial charge in [0.15, 0.2) is 6.10 Å². The monoisotopic (exact) mass is 352 g/mol. The summed E-state index contributed by atoms with van der Waals surface area (Å²) in [5.74, 6) is -2.24. The molecule has 1 aromatic rings. The van der Waals surface area contributed by atoms with Crippen LogP contribution in [-0.4, -0.2) is 33.9 Å². The van der Waals surface area contributed by atoms with Crippen LogP contribution in [-0.2, 0) is 16.0 Å². The molecule has 0 aliphatic heterocycles. The Morgan fingerprint density at radius 2 is 2.00 bits per heavy atom. The summed E-state index contributed by atoms with van der Waals surface area (Å²) in [7, 11) is 0. The van der Waals surface area contributed by atoms with E-state index in [4.69, 9.17) is 5.11 Å². The van der Waals surface area contributed by atoms with E-state index in [2.05, 4.69) is 20.7 Å². The van der Waals surface area contributed by atoms with Gasteiger partial charge in [-0.2, -0.15) is 8.78 Å². The molecule has 0 amide bonds. The molecule has 0 radical (unpaired) electrons. The van der Waals surface area contributed by atoms with E-state index in [9.17, 15) is 23.5 Å². The summed E-state index contributed by atoms with van der Waals surface area (Å²) in [5.41, 5.74) is -0.211. The number of rotatable bonds is 7. The van der Waals surface area contributed by atoms with Crippen LogP contribution in [0.1, 0.15) is 17.2 Å². The first-order valence-corrected chi connectivity index (χ1v) is 6.54. The van der Waals surface area contributed by atoms with Crippen LogP contribution >= 0.6 is 15.9 Å². The number of aliphatic hydroxyl groups is 1. The van der Waals surface area contributed by atoms with Gasteiger partial charge in [-0.05, 0) is 11.6 Å². The molecule has 0 spiro atoms. The van der Waals surface area contributed by atoms with E-state index in [0.717, 1.165) is 0 Å². The smallest absolute Gasteiger partial charge is 0.387 e. The number of Topliss-reactive ketones (excluding diaryl/α,β-unsaturated/α-hetero) is 1. The Hall–Kier alpha value is -1.54. The minimum absolute atomic E-state index is 0.0291. The number of carbonyl (C=O) groups excluding carboxylic acids is 1. The zero-order valence-corrected chi connectivity index (χ0v) is 11.6. The molecule has 1 aromatic carbocycles. The second-order valence-corrected chi connectivity index (χ2v) is 4.35. The van der Waals surface area contributed by atoms with Gasteiger partial charge in [0.05, 0.1) is 5.33 Å². The zero-order valence-electron chi connectivity index (χ0n) is 10.1. The summed E-state index contributed by atoms with van der Waals surface area (Å²) in [6.45, 7) is -3.12. The second-order valence-electron chi connectivity index (χ2n) is 3.79. The number of halogens is 3. The summed E-state index contributed by atoms with van der Waals surface area (Å²) in [6, 6.07) is 3.69. The highest BCUT2D eigenvalue weighted by Gasteiger charge is 2.24. The molecule has 1 atom stereocenters. The molecule has 0 bridgehead atoms. The number of aliphatic hydroxyl groups excluding tert-OH is 1. The number of ether oxygens (including phenoxy) is 1. The molecule has 2 N–H and O–H groups in total. The molecule has 0 aromatic heterocycles. The van der Waals surface area contributed by atoms with E-state index < -0.39 is 18.7 Å². The third-order valence-electron chi connectivity index (χ3n) is 2.44. The fraction of sp³-hybridized carbons (Fsp3) is 0.333. The summed E-state index contributed by atoms with van der Waals surface area (Å²) in [6.07, 6.45) is -2.25. The first-order valence-electron chi connectivity index (χ1n) is 5.42. The number of carboxylic acid groups (broad SMARTS) is 1. The standard InChI is InChI=1S/C12H11BrF2O5/c13-5-6(16)4-8-7(10(17)11(18)19)2-1-3-9(8)20-12(14)15/h1-3,10,12,17H,4-5H2,(H,18,19). The zero-order chi connectivity index (χ0) is 15.3. The van der Waals surface area contributed by atoms with E-state index >= 15 is 0 Å². The van der Waals surface area contributed by atoms with Crippen molar-refractivity contribution in [1.82, 2.24) is 0 Å². The van der Waals surface area contributed by atoms with Gasteiger partial charge in [-0.15, -0.1) is 0 Å². The summed E-state index contributed by atoms with van der Waals surface area (Å²) < 4.78 is 28.9. The van der Waals surface area contributed by atoms with Crippen LogP contribution < -0.4 is 4.74 Å². The average Bonchev–Trinajstić information content (AvgIpc) is 2.38. The van der Waals surface area contributed by atoms with E-state index in [1.807, 2.05) is 0 Å². The van der Waals surface area contributed by atoms with Crippen molar-refractivity contribution in [1.29, 1.82) is 0 Å². The van der Waals surface area contributed by atoms with Crippen molar-refractivity contribution in [2.45, 2.75) is 19.1 Å². The Labute approximate surface area is 121 Å². The first-order chi connectivity index (χ1) is 9.36. The van der Waals surface area contributed by atoms with Crippen molar-refractivity contribution in [3.05, 3.63) is 29.3 Å². The lowest BCUT2D eigenvalue weighted by Gasteiger charge is -2.16. The largest absolute Gasteiger partial charge is 0.479 e. The summed E-state index contributed by atoms with van der Waals surface area (Å²) >= 11 is 2.92. The van der Waals surface area contributed by atoms with Crippen molar-refractivity contribution in [3.8, 4) is 5.75 Å². The lowest BCUT2D eigenvalue weighted by Crippen LogP contribution is -2.17. The quantitative estimate of drug-likeness (QED) is 0.732. The fourth-order valence-electron chi connectivity index (χ4n) is 1.61. The number of carboxylic acids is 1. The number of hydrogen-bond donors (Lipinski definition) is 2. The Morgan fingerprint density at radius 1 is 1.35 bits per heavy atom. The third kappa shape index (κ3) is 4.24. The van der Waals surface area contributed by atoms with Crippen molar-refractivity contribution in [3.63, 3.8) is 0 Å². The predicted molar refractivity (Wildman–Crippen MR) is 68.2 cm³/mol. The maximum absolute atomic E-state index is 12.3. The fourth-order valence-corrected chi connectivity index (χ4v) is 1.81. The van der Waals surface area contributed by atoms with Gasteiger partial charge in [-0.3, -0.25) is 4.79 Å². The van der Waals surface area contributed by atoms with Gasteiger partial charge in [0.25, 0.3) is 0 Å². The maximum Gasteiger partial charge on any atom is 0.387 e. The molecule has 0 aliphatic carbocycles. The molecule has 0 fully saturated rings. The van der Waals surface area contributed by atoms with Gasteiger partial charge in [0.2, 0.25) is 0 Å². The van der Waals surface area contributed by atoms with E-state index in [1.165, 1.54) is 18.2 Å². The molecule has 0 saturated carbocycles. The summed E-state index contributed by atoms with van der Waals surface area (Å²) in [5, 5.41) is 18.3. The molecule has 8 heteroatoms. The Morgan fingerprint density at radius 3 is 2.50 bits per heavy atom. The van der Waals surface area contributed by atoms with Crippen molar-refractivity contribution < 1.29 is 33.3 Å². The van der Waals surface area contributed by atoms with Crippen LogP contribution in [0.4, 0.5) is 8.78 Å². The number of hydrogen-bond acceptors (Lipinski definition) is 4. The Balaban J connectivity index is 3.27. The topological polar surface area (TPSA) is 83.8 Å². The lowest BCUT2D eigenvalue weighted by molar-refractivity contribution is -0.147. The van der Waals surface area contributed by atoms with Gasteiger partial charge < -0.3 is 14.9 Å². The first kappa shape index (κ1) is 16.5.